The fourth-order valence-electron chi connectivity index (χ4n) is 2.54. The van der Waals surface area contributed by atoms with Crippen molar-refractivity contribution in [3.05, 3.63) is 78.9 Å². The summed E-state index contributed by atoms with van der Waals surface area (Å²) in [5, 5.41) is 0. The van der Waals surface area contributed by atoms with E-state index in [2.05, 4.69) is 4.72 Å². The van der Waals surface area contributed by atoms with Crippen LogP contribution in [0.1, 0.15) is 13.8 Å². The second kappa shape index (κ2) is 7.62. The first kappa shape index (κ1) is 18.0. The quantitative estimate of drug-likeness (QED) is 0.671. The van der Waals surface area contributed by atoms with Crippen LogP contribution < -0.4 is 9.46 Å². The number of nitrogens with one attached hydrogen (secondary N) is 1. The van der Waals surface area contributed by atoms with E-state index in [1.807, 2.05) is 56.3 Å². The summed E-state index contributed by atoms with van der Waals surface area (Å²) in [5.41, 5.74) is 2.51. The summed E-state index contributed by atoms with van der Waals surface area (Å²) >= 11 is 0. The molecule has 3 rings (SSSR count). The molecule has 26 heavy (non-hydrogen) atoms. The highest BCUT2D eigenvalue weighted by Crippen LogP contribution is 2.23. The van der Waals surface area contributed by atoms with Crippen LogP contribution >= 0.6 is 0 Å². The Labute approximate surface area is 154 Å². The summed E-state index contributed by atoms with van der Waals surface area (Å²) < 4.78 is 33.3. The van der Waals surface area contributed by atoms with Crippen molar-refractivity contribution >= 4 is 15.7 Å². The molecule has 4 nitrogen and oxygen atoms in total. The third-order valence-electron chi connectivity index (χ3n) is 3.75. The van der Waals surface area contributed by atoms with Crippen LogP contribution in [0.3, 0.4) is 0 Å². The Bertz CT molecular complexity index is 948. The maximum Gasteiger partial charge on any atom is 0.261 e. The second-order valence-corrected chi connectivity index (χ2v) is 7.87. The van der Waals surface area contributed by atoms with Gasteiger partial charge in [-0.25, -0.2) is 8.42 Å². The zero-order valence-corrected chi connectivity index (χ0v) is 15.5. The van der Waals surface area contributed by atoms with E-state index in [1.165, 1.54) is 0 Å². The van der Waals surface area contributed by atoms with Crippen LogP contribution in [0.25, 0.3) is 11.1 Å². The summed E-state index contributed by atoms with van der Waals surface area (Å²) in [4.78, 5) is 0.222. The van der Waals surface area contributed by atoms with Gasteiger partial charge in [0.25, 0.3) is 10.0 Å². The van der Waals surface area contributed by atoms with E-state index in [1.54, 1.807) is 36.4 Å². The van der Waals surface area contributed by atoms with Crippen LogP contribution in [0.2, 0.25) is 0 Å². The lowest BCUT2D eigenvalue weighted by Gasteiger charge is -2.12. The van der Waals surface area contributed by atoms with Gasteiger partial charge in [0.1, 0.15) is 5.75 Å². The van der Waals surface area contributed by atoms with E-state index in [-0.39, 0.29) is 11.0 Å². The Hall–Kier alpha value is -2.79. The van der Waals surface area contributed by atoms with Crippen LogP contribution in [-0.2, 0) is 10.0 Å². The number of benzene rings is 3. The third-order valence-corrected chi connectivity index (χ3v) is 5.15. The molecule has 0 bridgehead atoms. The van der Waals surface area contributed by atoms with Crippen molar-refractivity contribution in [1.29, 1.82) is 0 Å². The highest BCUT2D eigenvalue weighted by molar-refractivity contribution is 7.92. The molecule has 1 N–H and O–H groups in total. The minimum atomic E-state index is -3.64. The Kier molecular flexibility index (Phi) is 5.28. The fraction of sp³-hybridized carbons (Fsp3) is 0.143. The number of sulfonamides is 1. The highest BCUT2D eigenvalue weighted by atomic mass is 32.2. The predicted molar refractivity (Wildman–Crippen MR) is 105 cm³/mol. The minimum Gasteiger partial charge on any atom is -0.491 e. The van der Waals surface area contributed by atoms with Gasteiger partial charge in [-0.1, -0.05) is 42.5 Å². The molecule has 3 aromatic carbocycles. The molecule has 0 heterocycles. The Balaban J connectivity index is 1.75. The molecule has 0 amide bonds. The molecular weight excluding hydrogens is 346 g/mol. The molecule has 0 spiro atoms. The maximum absolute atomic E-state index is 12.6. The summed E-state index contributed by atoms with van der Waals surface area (Å²) in [6, 6.07) is 23.5. The van der Waals surface area contributed by atoms with Gasteiger partial charge in [0.05, 0.1) is 11.0 Å². The summed E-state index contributed by atoms with van der Waals surface area (Å²) in [6.07, 6.45) is 0.0701. The SMILES string of the molecule is CC(C)Oc1ccc(NS(=O)(=O)c2ccc(-c3ccccc3)cc2)cc1. The van der Waals surface area contributed by atoms with E-state index < -0.39 is 10.0 Å². The summed E-state index contributed by atoms with van der Waals surface area (Å²) in [5.74, 6) is 0.704. The average molecular weight is 367 g/mol. The molecule has 3 aromatic rings. The van der Waals surface area contributed by atoms with Crippen LogP contribution in [0, 0.1) is 0 Å². The second-order valence-electron chi connectivity index (χ2n) is 6.19. The van der Waals surface area contributed by atoms with Crippen molar-refractivity contribution < 1.29 is 13.2 Å². The van der Waals surface area contributed by atoms with Gasteiger partial charge in [-0.05, 0) is 61.4 Å². The molecule has 0 unspecified atom stereocenters. The van der Waals surface area contributed by atoms with Gasteiger partial charge in [-0.15, -0.1) is 0 Å². The van der Waals surface area contributed by atoms with Gasteiger partial charge in [-0.2, -0.15) is 0 Å². The Morgan fingerprint density at radius 1 is 0.769 bits per heavy atom. The van der Waals surface area contributed by atoms with Crippen molar-refractivity contribution in [1.82, 2.24) is 0 Å². The highest BCUT2D eigenvalue weighted by Gasteiger charge is 2.14. The topological polar surface area (TPSA) is 55.4 Å². The molecule has 0 atom stereocenters. The third kappa shape index (κ3) is 4.43. The Morgan fingerprint density at radius 2 is 1.35 bits per heavy atom. The number of anilines is 1. The molecule has 0 aliphatic rings. The molecular formula is C21H21NO3S. The van der Waals surface area contributed by atoms with E-state index in [4.69, 9.17) is 4.74 Å². The first-order valence-corrected chi connectivity index (χ1v) is 9.87. The first-order valence-electron chi connectivity index (χ1n) is 8.39. The molecule has 0 aliphatic carbocycles. The number of rotatable bonds is 6. The fourth-order valence-corrected chi connectivity index (χ4v) is 3.60. The molecule has 0 aliphatic heterocycles. The smallest absolute Gasteiger partial charge is 0.261 e. The van der Waals surface area contributed by atoms with Crippen molar-refractivity contribution in [3.63, 3.8) is 0 Å². The van der Waals surface area contributed by atoms with Crippen molar-refractivity contribution in [2.75, 3.05) is 4.72 Å². The zero-order chi connectivity index (χ0) is 18.6. The van der Waals surface area contributed by atoms with E-state index in [0.717, 1.165) is 11.1 Å². The van der Waals surface area contributed by atoms with Crippen LogP contribution in [0.15, 0.2) is 83.8 Å². The van der Waals surface area contributed by atoms with Crippen LogP contribution in [-0.4, -0.2) is 14.5 Å². The summed E-state index contributed by atoms with van der Waals surface area (Å²) in [6.45, 7) is 3.88. The number of hydrogen-bond donors (Lipinski definition) is 1. The van der Waals surface area contributed by atoms with Gasteiger partial charge < -0.3 is 4.74 Å². The van der Waals surface area contributed by atoms with Gasteiger partial charge in [0.15, 0.2) is 0 Å². The monoisotopic (exact) mass is 367 g/mol. The van der Waals surface area contributed by atoms with Gasteiger partial charge in [0, 0.05) is 5.69 Å². The van der Waals surface area contributed by atoms with Gasteiger partial charge >= 0.3 is 0 Å². The van der Waals surface area contributed by atoms with Gasteiger partial charge in [-0.3, -0.25) is 4.72 Å². The van der Waals surface area contributed by atoms with Gasteiger partial charge in [0.2, 0.25) is 0 Å². The predicted octanol–water partition coefficient (Wildman–Crippen LogP) is 4.94. The normalized spacial score (nSPS) is 11.3. The van der Waals surface area contributed by atoms with E-state index in [0.29, 0.717) is 11.4 Å². The van der Waals surface area contributed by atoms with E-state index in [9.17, 15) is 8.42 Å². The molecule has 0 radical (unpaired) electrons. The van der Waals surface area contributed by atoms with Crippen molar-refractivity contribution in [3.8, 4) is 16.9 Å². The standard InChI is InChI=1S/C21H21NO3S/c1-16(2)25-20-12-10-19(11-13-20)22-26(23,24)21-14-8-18(9-15-21)17-6-4-3-5-7-17/h3-16,22H,1-2H3. The van der Waals surface area contributed by atoms with E-state index >= 15 is 0 Å². The molecule has 0 fully saturated rings. The molecule has 0 saturated heterocycles. The van der Waals surface area contributed by atoms with Crippen LogP contribution in [0.4, 0.5) is 5.69 Å². The molecule has 0 aromatic heterocycles. The first-order chi connectivity index (χ1) is 12.4. The summed E-state index contributed by atoms with van der Waals surface area (Å²) in [7, 11) is -3.64. The zero-order valence-electron chi connectivity index (χ0n) is 14.7. The number of hydrogen-bond acceptors (Lipinski definition) is 3. The maximum atomic E-state index is 12.6. The lowest BCUT2D eigenvalue weighted by atomic mass is 10.1. The average Bonchev–Trinajstić information content (AvgIpc) is 2.64. The van der Waals surface area contributed by atoms with Crippen molar-refractivity contribution in [2.45, 2.75) is 24.8 Å². The largest absolute Gasteiger partial charge is 0.491 e. The molecule has 5 heteroatoms. The molecule has 0 saturated carbocycles. The lowest BCUT2D eigenvalue weighted by Crippen LogP contribution is -2.13. The lowest BCUT2D eigenvalue weighted by molar-refractivity contribution is 0.242. The minimum absolute atomic E-state index is 0.0701. The Morgan fingerprint density at radius 3 is 1.92 bits per heavy atom. The van der Waals surface area contributed by atoms with Crippen LogP contribution in [0.5, 0.6) is 5.75 Å². The molecule has 134 valence electrons. The van der Waals surface area contributed by atoms with Crippen molar-refractivity contribution in [2.24, 2.45) is 0 Å². The number of ether oxygens (including phenoxy) is 1.